The van der Waals surface area contributed by atoms with Crippen molar-refractivity contribution in [2.75, 3.05) is 13.1 Å². The summed E-state index contributed by atoms with van der Waals surface area (Å²) in [5.74, 6) is 1.16. The predicted octanol–water partition coefficient (Wildman–Crippen LogP) is 3.10. The Balaban J connectivity index is 1.95. The summed E-state index contributed by atoms with van der Waals surface area (Å²) in [4.78, 5) is 0. The third kappa shape index (κ3) is 2.62. The minimum atomic E-state index is -0.102. The molecule has 0 heterocycles. The second kappa shape index (κ2) is 4.96. The highest BCUT2D eigenvalue weighted by molar-refractivity contribution is 5.35. The Morgan fingerprint density at radius 1 is 1.44 bits per heavy atom. The average Bonchev–Trinajstić information content (AvgIpc) is 2.60. The fourth-order valence-electron chi connectivity index (χ4n) is 2.43. The number of aryl methyl sites for hydroxylation is 1. The maximum Gasteiger partial charge on any atom is 0.123 e. The van der Waals surface area contributed by atoms with Crippen molar-refractivity contribution in [3.63, 3.8) is 0 Å². The van der Waals surface area contributed by atoms with Gasteiger partial charge in [-0.2, -0.15) is 0 Å². The molecule has 0 saturated carbocycles. The maximum atomic E-state index is 13.0. The molecule has 1 aromatic carbocycles. The molecule has 1 unspecified atom stereocenters. The summed E-state index contributed by atoms with van der Waals surface area (Å²) in [6.45, 7) is 6.51. The van der Waals surface area contributed by atoms with E-state index in [9.17, 15) is 4.39 Å². The van der Waals surface area contributed by atoms with E-state index in [0.29, 0.717) is 11.8 Å². The third-order valence-electron chi connectivity index (χ3n) is 3.25. The van der Waals surface area contributed by atoms with Gasteiger partial charge in [0.05, 0.1) is 0 Å². The van der Waals surface area contributed by atoms with Crippen molar-refractivity contribution < 1.29 is 4.39 Å². The Morgan fingerprint density at radius 3 is 3.00 bits per heavy atom. The van der Waals surface area contributed by atoms with Crippen LogP contribution in [0.1, 0.15) is 37.3 Å². The smallest absolute Gasteiger partial charge is 0.123 e. The van der Waals surface area contributed by atoms with E-state index < -0.39 is 0 Å². The minimum absolute atomic E-state index is 0.102. The number of rotatable bonds is 4. The van der Waals surface area contributed by atoms with E-state index in [4.69, 9.17) is 0 Å². The fraction of sp³-hybridized carbons (Fsp3) is 0.571. The molecule has 1 aliphatic rings. The van der Waals surface area contributed by atoms with Crippen LogP contribution in [-0.4, -0.2) is 13.1 Å². The third-order valence-corrected chi connectivity index (χ3v) is 3.25. The van der Waals surface area contributed by atoms with Crippen LogP contribution in [0, 0.1) is 11.7 Å². The molecule has 0 aromatic heterocycles. The van der Waals surface area contributed by atoms with Gasteiger partial charge in [0, 0.05) is 6.54 Å². The number of hydrogen-bond donors (Lipinski definition) is 1. The van der Waals surface area contributed by atoms with Crippen LogP contribution >= 0.6 is 0 Å². The summed E-state index contributed by atoms with van der Waals surface area (Å²) in [6, 6.07) is 5.23. The lowest BCUT2D eigenvalue weighted by Gasteiger charge is -2.14. The summed E-state index contributed by atoms with van der Waals surface area (Å²) in [5.41, 5.74) is 2.55. The summed E-state index contributed by atoms with van der Waals surface area (Å²) >= 11 is 0. The summed E-state index contributed by atoms with van der Waals surface area (Å²) in [6.07, 6.45) is 2.19. The molecule has 0 aliphatic heterocycles. The SMILES string of the molecule is CC(C)CNCC1CCc2cc(F)ccc21. The summed E-state index contributed by atoms with van der Waals surface area (Å²) < 4.78 is 13.0. The van der Waals surface area contributed by atoms with Crippen molar-refractivity contribution in [2.24, 2.45) is 5.92 Å². The molecule has 1 atom stereocenters. The van der Waals surface area contributed by atoms with Crippen LogP contribution in [0.5, 0.6) is 0 Å². The zero-order chi connectivity index (χ0) is 11.5. The molecule has 1 N–H and O–H groups in total. The molecule has 2 heteroatoms. The van der Waals surface area contributed by atoms with Gasteiger partial charge < -0.3 is 5.32 Å². The molecule has 16 heavy (non-hydrogen) atoms. The van der Waals surface area contributed by atoms with Gasteiger partial charge in [-0.1, -0.05) is 19.9 Å². The first-order valence-electron chi connectivity index (χ1n) is 6.16. The van der Waals surface area contributed by atoms with Crippen LogP contribution in [0.25, 0.3) is 0 Å². The van der Waals surface area contributed by atoms with Crippen LogP contribution in [-0.2, 0) is 6.42 Å². The lowest BCUT2D eigenvalue weighted by Crippen LogP contribution is -2.24. The minimum Gasteiger partial charge on any atom is -0.316 e. The second-order valence-corrected chi connectivity index (χ2v) is 5.13. The average molecular weight is 221 g/mol. The van der Waals surface area contributed by atoms with Crippen LogP contribution in [0.3, 0.4) is 0 Å². The van der Waals surface area contributed by atoms with Gasteiger partial charge in [0.15, 0.2) is 0 Å². The van der Waals surface area contributed by atoms with Gasteiger partial charge in [0.25, 0.3) is 0 Å². The number of hydrogen-bond acceptors (Lipinski definition) is 1. The normalized spacial score (nSPS) is 19.1. The van der Waals surface area contributed by atoms with Crippen molar-refractivity contribution in [2.45, 2.75) is 32.6 Å². The molecule has 0 radical (unpaired) electrons. The van der Waals surface area contributed by atoms with E-state index >= 15 is 0 Å². The Labute approximate surface area is 97.1 Å². The Hall–Kier alpha value is -0.890. The molecule has 0 spiro atoms. The van der Waals surface area contributed by atoms with E-state index in [1.807, 2.05) is 6.07 Å². The maximum absolute atomic E-state index is 13.0. The highest BCUT2D eigenvalue weighted by Gasteiger charge is 2.22. The van der Waals surface area contributed by atoms with Crippen molar-refractivity contribution >= 4 is 0 Å². The zero-order valence-corrected chi connectivity index (χ0v) is 10.1. The molecule has 0 fully saturated rings. The lowest BCUT2D eigenvalue weighted by atomic mass is 10.0. The summed E-state index contributed by atoms with van der Waals surface area (Å²) in [7, 11) is 0. The molecule has 0 amide bonds. The molecule has 2 rings (SSSR count). The number of benzene rings is 1. The van der Waals surface area contributed by atoms with Crippen molar-refractivity contribution in [3.05, 3.63) is 35.1 Å². The Morgan fingerprint density at radius 2 is 2.25 bits per heavy atom. The number of fused-ring (bicyclic) bond motifs is 1. The van der Waals surface area contributed by atoms with E-state index in [1.54, 1.807) is 12.1 Å². The van der Waals surface area contributed by atoms with E-state index in [0.717, 1.165) is 25.9 Å². The molecule has 1 nitrogen and oxygen atoms in total. The Bertz CT molecular complexity index is 360. The van der Waals surface area contributed by atoms with Crippen molar-refractivity contribution in [3.8, 4) is 0 Å². The van der Waals surface area contributed by atoms with Crippen LogP contribution in [0.15, 0.2) is 18.2 Å². The molecule has 88 valence electrons. The van der Waals surface area contributed by atoms with E-state index in [2.05, 4.69) is 19.2 Å². The molecular formula is C14H20FN. The monoisotopic (exact) mass is 221 g/mol. The fourth-order valence-corrected chi connectivity index (χ4v) is 2.43. The highest BCUT2D eigenvalue weighted by Crippen LogP contribution is 2.32. The van der Waals surface area contributed by atoms with Crippen molar-refractivity contribution in [1.29, 1.82) is 0 Å². The van der Waals surface area contributed by atoms with E-state index in [-0.39, 0.29) is 5.82 Å². The van der Waals surface area contributed by atoms with Gasteiger partial charge >= 0.3 is 0 Å². The van der Waals surface area contributed by atoms with E-state index in [1.165, 1.54) is 11.1 Å². The second-order valence-electron chi connectivity index (χ2n) is 5.13. The highest BCUT2D eigenvalue weighted by atomic mass is 19.1. The Kier molecular flexibility index (Phi) is 3.59. The van der Waals surface area contributed by atoms with Crippen LogP contribution in [0.2, 0.25) is 0 Å². The largest absolute Gasteiger partial charge is 0.316 e. The topological polar surface area (TPSA) is 12.0 Å². The molecule has 1 aromatic rings. The first-order chi connectivity index (χ1) is 7.66. The molecular weight excluding hydrogens is 201 g/mol. The van der Waals surface area contributed by atoms with Gasteiger partial charge in [0.1, 0.15) is 5.82 Å². The molecule has 1 aliphatic carbocycles. The first kappa shape index (κ1) is 11.6. The van der Waals surface area contributed by atoms with Gasteiger partial charge in [0.2, 0.25) is 0 Å². The summed E-state index contributed by atoms with van der Waals surface area (Å²) in [5, 5.41) is 3.49. The quantitative estimate of drug-likeness (QED) is 0.823. The molecule has 0 bridgehead atoms. The van der Waals surface area contributed by atoms with Crippen molar-refractivity contribution in [1.82, 2.24) is 5.32 Å². The first-order valence-corrected chi connectivity index (χ1v) is 6.16. The van der Waals surface area contributed by atoms with Gasteiger partial charge in [-0.25, -0.2) is 4.39 Å². The zero-order valence-electron chi connectivity index (χ0n) is 10.1. The van der Waals surface area contributed by atoms with Crippen LogP contribution < -0.4 is 5.32 Å². The lowest BCUT2D eigenvalue weighted by molar-refractivity contribution is 0.514. The van der Waals surface area contributed by atoms with Gasteiger partial charge in [-0.05, 0) is 54.5 Å². The van der Waals surface area contributed by atoms with Crippen LogP contribution in [0.4, 0.5) is 4.39 Å². The molecule has 0 saturated heterocycles. The standard InChI is InChI=1S/C14H20FN/c1-10(2)8-16-9-12-4-3-11-7-13(15)5-6-14(11)12/h5-7,10,12,16H,3-4,8-9H2,1-2H3. The number of halogens is 1. The van der Waals surface area contributed by atoms with Gasteiger partial charge in [-0.15, -0.1) is 0 Å². The predicted molar refractivity (Wildman–Crippen MR) is 65.2 cm³/mol. The van der Waals surface area contributed by atoms with Gasteiger partial charge in [-0.3, -0.25) is 0 Å². The number of nitrogens with one attached hydrogen (secondary N) is 1.